The summed E-state index contributed by atoms with van der Waals surface area (Å²) in [5.74, 6) is -0.637. The van der Waals surface area contributed by atoms with Crippen molar-refractivity contribution < 1.29 is 13.0 Å². The summed E-state index contributed by atoms with van der Waals surface area (Å²) in [6, 6.07) is 9.04. The van der Waals surface area contributed by atoms with Crippen molar-refractivity contribution in [2.24, 2.45) is 7.05 Å². The molecule has 0 aliphatic rings. The average Bonchev–Trinajstić information content (AvgIpc) is 2.59. The van der Waals surface area contributed by atoms with Crippen LogP contribution >= 0.6 is 0 Å². The molecule has 2 radical (unpaired) electrons. The zero-order valence-corrected chi connectivity index (χ0v) is 15.0. The van der Waals surface area contributed by atoms with Gasteiger partial charge in [-0.25, -0.2) is 4.68 Å². The first-order valence-corrected chi connectivity index (χ1v) is 7.83. The molecular weight excluding hydrogens is 319 g/mol. The minimum atomic E-state index is -4.20. The van der Waals surface area contributed by atoms with Crippen molar-refractivity contribution in [3.8, 4) is 5.69 Å². The number of hydrogen-bond acceptors (Lipinski definition) is 4. The fourth-order valence-electron chi connectivity index (χ4n) is 2.30. The lowest BCUT2D eigenvalue weighted by Crippen LogP contribution is -2.30. The van der Waals surface area contributed by atoms with Gasteiger partial charge < -0.3 is 4.90 Å². The Balaban J connectivity index is 0.00000242. The van der Waals surface area contributed by atoms with E-state index in [1.54, 1.807) is 30.8 Å². The third-order valence-corrected chi connectivity index (χ3v) is 3.98. The number of benzene rings is 1. The molecule has 0 saturated heterocycles. The van der Waals surface area contributed by atoms with Gasteiger partial charge in [0, 0.05) is 37.1 Å². The van der Waals surface area contributed by atoms with Crippen molar-refractivity contribution >= 4 is 38.9 Å². The maximum Gasteiger partial charge on any atom is 0.295 e. The monoisotopic (exact) mass is 335 g/mol. The van der Waals surface area contributed by atoms with E-state index in [0.29, 0.717) is 11.4 Å². The zero-order chi connectivity index (χ0) is 15.8. The molecule has 1 heterocycles. The Hall–Kier alpha value is -1.29. The van der Waals surface area contributed by atoms with Crippen LogP contribution in [0.4, 0.5) is 5.69 Å². The number of hydrogen-bond donors (Lipinski definition) is 1. The molecule has 7 nitrogen and oxygen atoms in total. The van der Waals surface area contributed by atoms with Crippen molar-refractivity contribution in [2.45, 2.75) is 6.92 Å². The van der Waals surface area contributed by atoms with Gasteiger partial charge in [-0.2, -0.15) is 8.42 Å². The molecule has 0 aliphatic carbocycles. The Morgan fingerprint density at radius 1 is 1.23 bits per heavy atom. The Kier molecular flexibility index (Phi) is 5.85. The van der Waals surface area contributed by atoms with Crippen LogP contribution in [0.2, 0.25) is 0 Å². The van der Waals surface area contributed by atoms with Gasteiger partial charge in [0.05, 0.1) is 11.4 Å². The first-order valence-electron chi connectivity index (χ1n) is 6.22. The highest BCUT2D eigenvalue weighted by atomic mass is 32.2. The molecule has 116 valence electrons. The maximum absolute atomic E-state index is 12.6. The molecule has 9 heteroatoms. The normalized spacial score (nSPS) is 11.1. The van der Waals surface area contributed by atoms with Crippen LogP contribution in [-0.4, -0.2) is 58.3 Å². The first-order chi connectivity index (χ1) is 9.72. The van der Waals surface area contributed by atoms with E-state index in [2.05, 4.69) is 0 Å². The van der Waals surface area contributed by atoms with Crippen molar-refractivity contribution in [3.05, 3.63) is 46.4 Å². The fraction of sp³-hybridized carbons (Fsp3) is 0.308. The number of nitrogens with zero attached hydrogens (tertiary/aromatic N) is 3. The molecule has 1 aromatic carbocycles. The molecule has 0 fully saturated rings. The molecule has 0 bridgehead atoms. The summed E-state index contributed by atoms with van der Waals surface area (Å²) in [5.41, 5.74) is 1.18. The second-order valence-corrected chi connectivity index (χ2v) is 6.24. The topological polar surface area (TPSA) is 84.5 Å². The second kappa shape index (κ2) is 6.86. The molecule has 22 heavy (non-hydrogen) atoms. The molecule has 0 spiro atoms. The van der Waals surface area contributed by atoms with Crippen molar-refractivity contribution in [1.82, 2.24) is 9.36 Å². The van der Waals surface area contributed by atoms with Gasteiger partial charge in [0.15, 0.2) is 0 Å². The van der Waals surface area contributed by atoms with Crippen LogP contribution in [0.5, 0.6) is 0 Å². The molecule has 0 atom stereocenters. The van der Waals surface area contributed by atoms with Crippen molar-refractivity contribution in [2.75, 3.05) is 17.8 Å². The summed E-state index contributed by atoms with van der Waals surface area (Å²) in [6.07, 6.45) is 0. The lowest BCUT2D eigenvalue weighted by Gasteiger charge is -2.15. The fourth-order valence-corrected chi connectivity index (χ4v) is 2.92. The van der Waals surface area contributed by atoms with E-state index in [0.717, 1.165) is 0 Å². The summed E-state index contributed by atoms with van der Waals surface area (Å²) >= 11 is 0. The first kappa shape index (κ1) is 18.8. The Labute approximate surface area is 145 Å². The van der Waals surface area contributed by atoms with Crippen LogP contribution in [0.15, 0.2) is 35.1 Å². The predicted octanol–water partition coefficient (Wildman–Crippen LogP) is 0.385. The molecule has 0 aliphatic heterocycles. The van der Waals surface area contributed by atoms with Gasteiger partial charge in [0.25, 0.3) is 15.7 Å². The third kappa shape index (κ3) is 3.72. The summed E-state index contributed by atoms with van der Waals surface area (Å²) in [6.45, 7) is 1.72. The lowest BCUT2D eigenvalue weighted by atomic mass is 10.3. The molecular formula is C13H17MgN3O4S. The largest absolute Gasteiger partial charge is 0.353 e. The minimum absolute atomic E-state index is 0. The van der Waals surface area contributed by atoms with Gasteiger partial charge >= 0.3 is 0 Å². The summed E-state index contributed by atoms with van der Waals surface area (Å²) in [5, 5.41) is 0. The minimum Gasteiger partial charge on any atom is -0.353 e. The van der Waals surface area contributed by atoms with E-state index in [4.69, 9.17) is 4.55 Å². The highest BCUT2D eigenvalue weighted by Gasteiger charge is 2.21. The van der Waals surface area contributed by atoms with E-state index >= 15 is 0 Å². The van der Waals surface area contributed by atoms with Crippen molar-refractivity contribution in [3.63, 3.8) is 0 Å². The van der Waals surface area contributed by atoms with E-state index in [9.17, 15) is 13.2 Å². The van der Waals surface area contributed by atoms with E-state index in [-0.39, 0.29) is 34.3 Å². The molecule has 2 rings (SSSR count). The second-order valence-electron chi connectivity index (χ2n) is 4.82. The maximum atomic E-state index is 12.6. The number of anilines is 1. The third-order valence-electron chi connectivity index (χ3n) is 3.26. The van der Waals surface area contributed by atoms with Gasteiger partial charge in [0.1, 0.15) is 11.6 Å². The Morgan fingerprint density at radius 3 is 2.27 bits per heavy atom. The Bertz CT molecular complexity index is 812. The van der Waals surface area contributed by atoms with Crippen LogP contribution < -0.4 is 10.5 Å². The molecule has 0 saturated carbocycles. The van der Waals surface area contributed by atoms with Crippen molar-refractivity contribution in [1.29, 1.82) is 0 Å². The van der Waals surface area contributed by atoms with Crippen LogP contribution in [0, 0.1) is 6.92 Å². The predicted molar refractivity (Wildman–Crippen MR) is 86.3 cm³/mol. The summed E-state index contributed by atoms with van der Waals surface area (Å²) < 4.78 is 34.0. The standard InChI is InChI=1S/C13H17N3O4S.Mg/c1-10-12(14(2)9-21(18,19)20)13(17)16(15(10)3)11-7-5-4-6-8-11;/h4-8H,9H2,1-3H3,(H,18,19,20);. The van der Waals surface area contributed by atoms with Gasteiger partial charge in [-0.1, -0.05) is 18.2 Å². The highest BCUT2D eigenvalue weighted by molar-refractivity contribution is 7.85. The molecule has 1 N–H and O–H groups in total. The Morgan fingerprint density at radius 2 is 1.77 bits per heavy atom. The molecule has 0 unspecified atom stereocenters. The van der Waals surface area contributed by atoms with Crippen LogP contribution in [0.25, 0.3) is 5.69 Å². The smallest absolute Gasteiger partial charge is 0.295 e. The lowest BCUT2D eigenvalue weighted by molar-refractivity contribution is 0.482. The summed E-state index contributed by atoms with van der Waals surface area (Å²) in [7, 11) is -1.04. The quantitative estimate of drug-likeness (QED) is 0.645. The number of para-hydroxylation sites is 1. The molecule has 0 amide bonds. The zero-order valence-electron chi connectivity index (χ0n) is 12.7. The van der Waals surface area contributed by atoms with Crippen LogP contribution in [0.3, 0.4) is 0 Å². The van der Waals surface area contributed by atoms with E-state index < -0.39 is 16.0 Å². The van der Waals surface area contributed by atoms with Crippen LogP contribution in [-0.2, 0) is 17.2 Å². The SMILES string of the molecule is Cc1c(N(C)CS(=O)(=O)O)c(=O)n(-c2ccccc2)n1C.[Mg]. The van der Waals surface area contributed by atoms with Gasteiger partial charge in [-0.15, -0.1) is 0 Å². The van der Waals surface area contributed by atoms with Gasteiger partial charge in [-0.05, 0) is 19.1 Å². The van der Waals surface area contributed by atoms with Crippen LogP contribution in [0.1, 0.15) is 5.69 Å². The highest BCUT2D eigenvalue weighted by Crippen LogP contribution is 2.17. The summed E-state index contributed by atoms with van der Waals surface area (Å²) in [4.78, 5) is 13.8. The average molecular weight is 336 g/mol. The van der Waals surface area contributed by atoms with E-state index in [1.165, 1.54) is 16.6 Å². The van der Waals surface area contributed by atoms with Gasteiger partial charge in [-0.3, -0.25) is 14.0 Å². The number of rotatable bonds is 4. The van der Waals surface area contributed by atoms with E-state index in [1.807, 2.05) is 18.2 Å². The molecule has 1 aromatic heterocycles. The van der Waals surface area contributed by atoms with Gasteiger partial charge in [0.2, 0.25) is 0 Å². The molecule has 2 aromatic rings. The number of aromatic nitrogens is 2.